The summed E-state index contributed by atoms with van der Waals surface area (Å²) in [6.45, 7) is 5.82. The third-order valence-electron chi connectivity index (χ3n) is 8.37. The normalized spacial score (nSPS) is 14.9. The van der Waals surface area contributed by atoms with Crippen LogP contribution in [0.15, 0.2) is 53.3 Å². The van der Waals surface area contributed by atoms with Gasteiger partial charge in [-0.1, -0.05) is 38.5 Å². The number of carbonyl (C=O) groups excluding carboxylic acids is 2. The molecule has 45 heavy (non-hydrogen) atoms. The molecule has 0 heterocycles. The first kappa shape index (κ1) is 33.2. The first-order valence-corrected chi connectivity index (χ1v) is 15.2. The number of amides is 2. The van der Waals surface area contributed by atoms with Crippen LogP contribution in [0.5, 0.6) is 23.0 Å². The van der Waals surface area contributed by atoms with E-state index in [2.05, 4.69) is 16.0 Å². The molecule has 3 aromatic rings. The lowest BCUT2D eigenvalue weighted by atomic mass is 9.95. The van der Waals surface area contributed by atoms with E-state index in [-0.39, 0.29) is 34.6 Å². The number of hydrogen-bond acceptors (Lipinski definition) is 8. The molecule has 10 nitrogen and oxygen atoms in total. The number of phenolic OH excluding ortho intramolecular Hbond substituents is 1. The molecule has 0 aliphatic heterocycles. The van der Waals surface area contributed by atoms with Crippen molar-refractivity contribution in [2.45, 2.75) is 58.5 Å². The second-order valence-electron chi connectivity index (χ2n) is 11.3. The summed E-state index contributed by atoms with van der Waals surface area (Å²) in [5, 5.41) is 18.8. The van der Waals surface area contributed by atoms with Crippen molar-refractivity contribution in [1.29, 1.82) is 0 Å². The Morgan fingerprint density at radius 2 is 1.71 bits per heavy atom. The zero-order valence-electron chi connectivity index (χ0n) is 26.8. The van der Waals surface area contributed by atoms with Gasteiger partial charge in [0.25, 0.3) is 0 Å². The minimum absolute atomic E-state index is 0.0777. The third-order valence-corrected chi connectivity index (χ3v) is 8.37. The summed E-state index contributed by atoms with van der Waals surface area (Å²) in [5.41, 5.74) is 3.98. The second kappa shape index (κ2) is 14.8. The Morgan fingerprint density at radius 3 is 2.33 bits per heavy atom. The number of rotatable bonds is 12. The van der Waals surface area contributed by atoms with Crippen LogP contribution in [0.25, 0.3) is 11.1 Å². The van der Waals surface area contributed by atoms with Gasteiger partial charge in [0.15, 0.2) is 11.5 Å². The summed E-state index contributed by atoms with van der Waals surface area (Å²) in [6.07, 6.45) is 2.45. The van der Waals surface area contributed by atoms with Crippen LogP contribution in [0.4, 0.5) is 5.69 Å². The van der Waals surface area contributed by atoms with Crippen LogP contribution < -0.4 is 35.6 Å². The molecule has 2 amide bonds. The lowest BCUT2D eigenvalue weighted by molar-refractivity contribution is -0.123. The van der Waals surface area contributed by atoms with Gasteiger partial charge in [0.05, 0.1) is 33.1 Å². The second-order valence-corrected chi connectivity index (χ2v) is 11.3. The van der Waals surface area contributed by atoms with Gasteiger partial charge in [0.1, 0.15) is 11.8 Å². The van der Waals surface area contributed by atoms with E-state index in [1.165, 1.54) is 14.0 Å². The Kier molecular flexibility index (Phi) is 10.9. The Morgan fingerprint density at radius 1 is 1.00 bits per heavy atom. The number of aryl methyl sites for hydroxylation is 1. The highest BCUT2D eigenvalue weighted by molar-refractivity contribution is 5.86. The lowest BCUT2D eigenvalue weighted by Gasteiger charge is -2.24. The van der Waals surface area contributed by atoms with Gasteiger partial charge in [-0.2, -0.15) is 0 Å². The fraction of sp³-hybridized carbons (Fsp3) is 0.400. The zero-order valence-corrected chi connectivity index (χ0v) is 26.8. The molecule has 0 saturated carbocycles. The number of carbonyl (C=O) groups is 2. The maximum absolute atomic E-state index is 13.8. The van der Waals surface area contributed by atoms with E-state index in [1.807, 2.05) is 38.1 Å². The van der Waals surface area contributed by atoms with Crippen molar-refractivity contribution < 1.29 is 28.9 Å². The molecule has 4 N–H and O–H groups in total. The molecule has 0 radical (unpaired) electrons. The minimum Gasteiger partial charge on any atom is -0.508 e. The Balaban J connectivity index is 1.75. The number of methoxy groups -OCH3 is 3. The summed E-state index contributed by atoms with van der Waals surface area (Å²) in [7, 11) is 4.66. The molecule has 240 valence electrons. The zero-order chi connectivity index (χ0) is 32.7. The quantitative estimate of drug-likeness (QED) is 0.229. The molecule has 3 atom stereocenters. The van der Waals surface area contributed by atoms with E-state index in [0.717, 1.165) is 16.7 Å². The number of nitrogens with one attached hydrogen (secondary N) is 3. The summed E-state index contributed by atoms with van der Waals surface area (Å²) >= 11 is 0. The van der Waals surface area contributed by atoms with Crippen molar-refractivity contribution in [2.24, 2.45) is 5.92 Å². The van der Waals surface area contributed by atoms with E-state index < -0.39 is 12.1 Å². The minimum atomic E-state index is -0.665. The highest BCUT2D eigenvalue weighted by atomic mass is 16.5. The molecular weight excluding hydrogens is 574 g/mol. The monoisotopic (exact) mass is 617 g/mol. The van der Waals surface area contributed by atoms with E-state index in [4.69, 9.17) is 14.2 Å². The molecule has 1 aliphatic carbocycles. The molecule has 1 aliphatic rings. The smallest absolute Gasteiger partial charge is 0.242 e. The fourth-order valence-corrected chi connectivity index (χ4v) is 5.80. The lowest BCUT2D eigenvalue weighted by Crippen LogP contribution is -2.45. The number of phenols is 1. The number of benzene rings is 2. The molecule has 0 spiro atoms. The van der Waals surface area contributed by atoms with Crippen molar-refractivity contribution in [2.75, 3.05) is 33.2 Å². The van der Waals surface area contributed by atoms with Gasteiger partial charge in [-0.3, -0.25) is 14.4 Å². The first-order valence-electron chi connectivity index (χ1n) is 15.2. The van der Waals surface area contributed by atoms with Crippen molar-refractivity contribution in [3.05, 3.63) is 75.4 Å². The first-order chi connectivity index (χ1) is 21.6. The number of anilines is 1. The summed E-state index contributed by atoms with van der Waals surface area (Å²) in [6, 6.07) is 12.7. The summed E-state index contributed by atoms with van der Waals surface area (Å²) in [5.74, 6) is 1.10. The van der Waals surface area contributed by atoms with Crippen molar-refractivity contribution in [3.8, 4) is 34.1 Å². The Bertz CT molecular complexity index is 1590. The fourth-order valence-electron chi connectivity index (χ4n) is 5.80. The maximum atomic E-state index is 13.8. The molecule has 0 fully saturated rings. The SMILES string of the molecule is CC[C@@H](C)[C@H](Nc1ccc2c(cc1=O)[C@@H](NC(C)=O)CCc1cc(OC)c(OC)c(OC)c1-2)C(=O)NCCc1ccc(O)cc1. The van der Waals surface area contributed by atoms with Crippen molar-refractivity contribution in [3.63, 3.8) is 0 Å². The van der Waals surface area contributed by atoms with Crippen LogP contribution in [0.1, 0.15) is 56.3 Å². The summed E-state index contributed by atoms with van der Waals surface area (Å²) < 4.78 is 17.1. The van der Waals surface area contributed by atoms with Crippen molar-refractivity contribution >= 4 is 17.5 Å². The van der Waals surface area contributed by atoms with Crippen LogP contribution in [-0.4, -0.2) is 50.8 Å². The van der Waals surface area contributed by atoms with E-state index in [1.54, 1.807) is 38.5 Å². The Hall–Kier alpha value is -4.73. The van der Waals surface area contributed by atoms with Gasteiger partial charge >= 0.3 is 0 Å². The van der Waals surface area contributed by atoms with Gasteiger partial charge in [-0.05, 0) is 77.8 Å². The van der Waals surface area contributed by atoms with E-state index >= 15 is 0 Å². The van der Waals surface area contributed by atoms with Gasteiger partial charge in [-0.25, -0.2) is 0 Å². The molecule has 10 heteroatoms. The average molecular weight is 618 g/mol. The van der Waals surface area contributed by atoms with Crippen LogP contribution >= 0.6 is 0 Å². The topological polar surface area (TPSA) is 135 Å². The predicted octanol–water partition coefficient (Wildman–Crippen LogP) is 4.75. The molecule has 3 aromatic carbocycles. The van der Waals surface area contributed by atoms with Crippen LogP contribution in [0.3, 0.4) is 0 Å². The van der Waals surface area contributed by atoms with Crippen LogP contribution in [0.2, 0.25) is 0 Å². The van der Waals surface area contributed by atoms with Gasteiger partial charge in [0.2, 0.25) is 23.0 Å². The molecule has 0 saturated heterocycles. The Labute approximate surface area is 264 Å². The summed E-state index contributed by atoms with van der Waals surface area (Å²) in [4.78, 5) is 39.5. The molecule has 0 unspecified atom stereocenters. The average Bonchev–Trinajstić information content (AvgIpc) is 3.27. The highest BCUT2D eigenvalue weighted by Gasteiger charge is 2.30. The standard InChI is InChI=1S/C35H43N3O7/c1-7-20(2)32(35(42)36-17-16-22-8-11-24(40)12-9-22)38-28-15-13-25-26(19-29(28)41)27(37-21(3)39)14-10-23-18-30(43-4)33(44-5)34(45-6)31(23)25/h8-9,11-13,15,18-20,27,32,40H,7,10,14,16-17H2,1-6H3,(H,36,42)(H,37,39)(H,38,41)/t20-,27+,32+/m1/s1. The van der Waals surface area contributed by atoms with E-state index in [0.29, 0.717) is 60.6 Å². The van der Waals surface area contributed by atoms with E-state index in [9.17, 15) is 19.5 Å². The van der Waals surface area contributed by atoms with Gasteiger partial charge in [0, 0.05) is 19.0 Å². The van der Waals surface area contributed by atoms with Crippen LogP contribution in [0, 0.1) is 5.92 Å². The number of ether oxygens (including phenoxy) is 3. The van der Waals surface area contributed by atoms with Crippen LogP contribution in [-0.2, 0) is 22.4 Å². The molecule has 4 rings (SSSR count). The number of hydrogen-bond donors (Lipinski definition) is 4. The molecule has 0 bridgehead atoms. The van der Waals surface area contributed by atoms with Crippen molar-refractivity contribution in [1.82, 2.24) is 10.6 Å². The number of fused-ring (bicyclic) bond motifs is 3. The van der Waals surface area contributed by atoms with Gasteiger partial charge in [-0.15, -0.1) is 0 Å². The third kappa shape index (κ3) is 7.50. The number of aromatic hydroxyl groups is 1. The maximum Gasteiger partial charge on any atom is 0.242 e. The molecular formula is C35H43N3O7. The largest absolute Gasteiger partial charge is 0.508 e. The molecule has 0 aromatic heterocycles. The van der Waals surface area contributed by atoms with Gasteiger partial charge < -0.3 is 35.3 Å². The highest BCUT2D eigenvalue weighted by Crippen LogP contribution is 2.50. The predicted molar refractivity (Wildman–Crippen MR) is 174 cm³/mol.